The number of amides is 2. The maximum absolute atomic E-state index is 12.1. The Hall–Kier alpha value is -3.28. The molecule has 1 saturated carbocycles. The van der Waals surface area contributed by atoms with Crippen molar-refractivity contribution in [3.8, 4) is 17.6 Å². The summed E-state index contributed by atoms with van der Waals surface area (Å²) in [5.74, 6) is -1.46. The number of nitrogens with one attached hydrogen (secondary N) is 1. The van der Waals surface area contributed by atoms with Gasteiger partial charge in [-0.25, -0.2) is 4.79 Å². The average Bonchev–Trinajstić information content (AvgIpc) is 3.13. The third kappa shape index (κ3) is 5.34. The number of methoxy groups -OCH3 is 1. The number of hydrogen-bond donors (Lipinski definition) is 2. The molecule has 1 aliphatic rings. The number of nitrogens with two attached hydrogens (primary N) is 1. The number of ether oxygens (including phenoxy) is 3. The predicted molar refractivity (Wildman–Crippen MR) is 92.9 cm³/mol. The second-order valence-electron chi connectivity index (χ2n) is 6.15. The molecule has 0 atom stereocenters. The van der Waals surface area contributed by atoms with Crippen molar-refractivity contribution in [2.75, 3.05) is 20.3 Å². The van der Waals surface area contributed by atoms with Crippen molar-refractivity contribution in [1.29, 1.82) is 5.26 Å². The topological polar surface area (TPSA) is 141 Å². The predicted octanol–water partition coefficient (Wildman–Crippen LogP) is 0.669. The molecule has 3 N–H and O–H groups in total. The van der Waals surface area contributed by atoms with Crippen molar-refractivity contribution in [2.24, 2.45) is 5.73 Å². The highest BCUT2D eigenvalue weighted by Crippen LogP contribution is 2.29. The van der Waals surface area contributed by atoms with Crippen LogP contribution in [0.3, 0.4) is 0 Å². The lowest BCUT2D eigenvalue weighted by Gasteiger charge is -2.21. The largest absolute Gasteiger partial charge is 0.493 e. The molecule has 1 aromatic carbocycles. The Morgan fingerprint density at radius 2 is 1.93 bits per heavy atom. The van der Waals surface area contributed by atoms with E-state index in [1.54, 1.807) is 0 Å². The van der Waals surface area contributed by atoms with Crippen molar-refractivity contribution in [3.63, 3.8) is 0 Å². The van der Waals surface area contributed by atoms with Gasteiger partial charge in [0.15, 0.2) is 24.7 Å². The van der Waals surface area contributed by atoms with Crippen LogP contribution in [0.5, 0.6) is 11.5 Å². The minimum absolute atomic E-state index is 0.141. The molecule has 2 rings (SSSR count). The highest BCUT2D eigenvalue weighted by molar-refractivity contribution is 5.92. The van der Waals surface area contributed by atoms with Crippen molar-refractivity contribution in [2.45, 2.75) is 31.2 Å². The van der Waals surface area contributed by atoms with E-state index < -0.39 is 29.9 Å². The smallest absolute Gasteiger partial charge is 0.338 e. The third-order valence-electron chi connectivity index (χ3n) is 4.15. The van der Waals surface area contributed by atoms with Gasteiger partial charge in [0, 0.05) is 0 Å². The lowest BCUT2D eigenvalue weighted by molar-refractivity contribution is -0.125. The van der Waals surface area contributed by atoms with Gasteiger partial charge < -0.3 is 25.3 Å². The van der Waals surface area contributed by atoms with Crippen molar-refractivity contribution in [3.05, 3.63) is 23.8 Å². The first kappa shape index (κ1) is 20.0. The highest BCUT2D eigenvalue weighted by atomic mass is 16.5. The van der Waals surface area contributed by atoms with Gasteiger partial charge in [-0.2, -0.15) is 5.26 Å². The molecule has 144 valence electrons. The first-order chi connectivity index (χ1) is 12.9. The normalized spacial score (nSPS) is 14.7. The van der Waals surface area contributed by atoms with Gasteiger partial charge >= 0.3 is 5.97 Å². The van der Waals surface area contributed by atoms with Gasteiger partial charge in [0.2, 0.25) is 0 Å². The molecule has 0 heterocycles. The van der Waals surface area contributed by atoms with E-state index in [0.717, 1.165) is 12.8 Å². The van der Waals surface area contributed by atoms with Crippen LogP contribution in [-0.2, 0) is 14.3 Å². The van der Waals surface area contributed by atoms with Crippen LogP contribution in [0.25, 0.3) is 0 Å². The molecule has 2 amide bonds. The maximum atomic E-state index is 12.1. The quantitative estimate of drug-likeness (QED) is 0.636. The number of carbonyl (C=O) groups is 3. The minimum atomic E-state index is -0.869. The molecule has 1 fully saturated rings. The summed E-state index contributed by atoms with van der Waals surface area (Å²) in [6.45, 7) is -0.828. The Morgan fingerprint density at radius 1 is 1.22 bits per heavy atom. The van der Waals surface area contributed by atoms with Gasteiger partial charge in [-0.3, -0.25) is 9.59 Å². The van der Waals surface area contributed by atoms with Gasteiger partial charge in [0.25, 0.3) is 11.8 Å². The molecule has 0 spiro atoms. The molecule has 27 heavy (non-hydrogen) atoms. The van der Waals surface area contributed by atoms with Crippen molar-refractivity contribution >= 4 is 17.8 Å². The van der Waals surface area contributed by atoms with E-state index in [0.29, 0.717) is 12.8 Å². The van der Waals surface area contributed by atoms with Crippen molar-refractivity contribution < 1.29 is 28.6 Å². The fourth-order valence-corrected chi connectivity index (χ4v) is 2.82. The summed E-state index contributed by atoms with van der Waals surface area (Å²) >= 11 is 0. The lowest BCUT2D eigenvalue weighted by Crippen LogP contribution is -2.46. The van der Waals surface area contributed by atoms with Crippen LogP contribution in [0.2, 0.25) is 0 Å². The van der Waals surface area contributed by atoms with Crippen LogP contribution in [0.1, 0.15) is 36.0 Å². The van der Waals surface area contributed by atoms with Crippen molar-refractivity contribution in [1.82, 2.24) is 5.32 Å². The SMILES string of the molecule is COc1cc(C(=O)OCC(=O)NC2(C#N)CCCC2)ccc1OCC(N)=O. The van der Waals surface area contributed by atoms with Gasteiger partial charge in [0.05, 0.1) is 18.7 Å². The van der Waals surface area contributed by atoms with Gasteiger partial charge in [-0.05, 0) is 43.9 Å². The van der Waals surface area contributed by atoms with E-state index in [-0.39, 0.29) is 23.7 Å². The second kappa shape index (κ2) is 8.89. The number of nitriles is 1. The molecule has 1 aliphatic carbocycles. The summed E-state index contributed by atoms with van der Waals surface area (Å²) in [5.41, 5.74) is 4.29. The molecular formula is C18H21N3O6. The van der Waals surface area contributed by atoms with Crippen LogP contribution in [0.15, 0.2) is 18.2 Å². The number of primary amides is 1. The number of esters is 1. The summed E-state index contributed by atoms with van der Waals surface area (Å²) in [7, 11) is 1.37. The molecule has 0 bridgehead atoms. The third-order valence-corrected chi connectivity index (χ3v) is 4.15. The Bertz CT molecular complexity index is 765. The Kier molecular flexibility index (Phi) is 6.60. The number of rotatable bonds is 8. The number of carbonyl (C=O) groups excluding carboxylic acids is 3. The molecule has 0 aliphatic heterocycles. The van der Waals surface area contributed by atoms with E-state index in [1.807, 2.05) is 0 Å². The van der Waals surface area contributed by atoms with Crippen LogP contribution in [0.4, 0.5) is 0 Å². The Labute approximate surface area is 156 Å². The Balaban J connectivity index is 1.94. The fraction of sp³-hybridized carbons (Fsp3) is 0.444. The van der Waals surface area contributed by atoms with Gasteiger partial charge in [-0.1, -0.05) is 0 Å². The van der Waals surface area contributed by atoms with E-state index in [2.05, 4.69) is 11.4 Å². The fourth-order valence-electron chi connectivity index (χ4n) is 2.82. The first-order valence-electron chi connectivity index (χ1n) is 8.37. The van der Waals surface area contributed by atoms with Gasteiger partial charge in [-0.15, -0.1) is 0 Å². The number of benzene rings is 1. The first-order valence-corrected chi connectivity index (χ1v) is 8.37. The summed E-state index contributed by atoms with van der Waals surface area (Å²) in [4.78, 5) is 34.9. The summed E-state index contributed by atoms with van der Waals surface area (Å²) in [6, 6.07) is 6.34. The van der Waals surface area contributed by atoms with Crippen LogP contribution < -0.4 is 20.5 Å². The molecule has 1 aromatic rings. The zero-order valence-corrected chi connectivity index (χ0v) is 14.9. The summed E-state index contributed by atoms with van der Waals surface area (Å²) < 4.78 is 15.3. The molecule has 0 radical (unpaired) electrons. The molecule has 9 heteroatoms. The second-order valence-corrected chi connectivity index (χ2v) is 6.15. The average molecular weight is 375 g/mol. The molecule has 9 nitrogen and oxygen atoms in total. The van der Waals surface area contributed by atoms with E-state index in [4.69, 9.17) is 19.9 Å². The van der Waals surface area contributed by atoms with Crippen LogP contribution in [0, 0.1) is 11.3 Å². The molecule has 0 unspecified atom stereocenters. The zero-order chi connectivity index (χ0) is 19.9. The number of nitrogens with zero attached hydrogens (tertiary/aromatic N) is 1. The monoisotopic (exact) mass is 375 g/mol. The molecule has 0 saturated heterocycles. The molecular weight excluding hydrogens is 354 g/mol. The van der Waals surface area contributed by atoms with Crippen LogP contribution in [-0.4, -0.2) is 43.6 Å². The summed E-state index contributed by atoms with van der Waals surface area (Å²) in [6.07, 6.45) is 2.93. The Morgan fingerprint density at radius 3 is 2.52 bits per heavy atom. The standard InChI is InChI=1S/C18H21N3O6/c1-25-14-8-12(4-5-13(14)26-9-15(20)22)17(24)27-10-16(23)21-18(11-19)6-2-3-7-18/h4-5,8H,2-3,6-7,9-10H2,1H3,(H2,20,22)(H,21,23). The number of hydrogen-bond acceptors (Lipinski definition) is 7. The molecule has 0 aromatic heterocycles. The highest BCUT2D eigenvalue weighted by Gasteiger charge is 2.35. The zero-order valence-electron chi connectivity index (χ0n) is 14.9. The minimum Gasteiger partial charge on any atom is -0.493 e. The summed E-state index contributed by atoms with van der Waals surface area (Å²) in [5, 5.41) is 11.9. The van der Waals surface area contributed by atoms with E-state index in [1.165, 1.54) is 25.3 Å². The van der Waals surface area contributed by atoms with Crippen LogP contribution >= 0.6 is 0 Å². The maximum Gasteiger partial charge on any atom is 0.338 e. The van der Waals surface area contributed by atoms with E-state index in [9.17, 15) is 19.6 Å². The lowest BCUT2D eigenvalue weighted by atomic mass is 10.00. The van der Waals surface area contributed by atoms with Gasteiger partial charge in [0.1, 0.15) is 5.54 Å². The van der Waals surface area contributed by atoms with E-state index >= 15 is 0 Å².